The molecule has 0 aliphatic heterocycles. The lowest BCUT2D eigenvalue weighted by atomic mass is 10.0. The number of nitrogens with one attached hydrogen (secondary N) is 2. The Morgan fingerprint density at radius 1 is 1.55 bits per heavy atom. The minimum absolute atomic E-state index is 0.0424. The Bertz CT molecular complexity index is 496. The molecule has 10 heteroatoms. The van der Waals surface area contributed by atoms with E-state index in [1.54, 1.807) is 6.92 Å². The van der Waals surface area contributed by atoms with Gasteiger partial charge in [0.1, 0.15) is 24.1 Å². The Kier molecular flexibility index (Phi) is 6.41. The van der Waals surface area contributed by atoms with E-state index in [0.717, 1.165) is 0 Å². The fourth-order valence-electron chi connectivity index (χ4n) is 1.74. The molecule has 8 N–H and O–H groups in total. The number of hydrogen-bond acceptors (Lipinski definition) is 9. The summed E-state index contributed by atoms with van der Waals surface area (Å²) in [6, 6.07) is 0. The molecule has 0 aliphatic rings. The summed E-state index contributed by atoms with van der Waals surface area (Å²) in [7, 11) is 0. The van der Waals surface area contributed by atoms with Gasteiger partial charge in [0.05, 0.1) is 25.1 Å². The second-order valence-corrected chi connectivity index (χ2v) is 4.86. The van der Waals surface area contributed by atoms with E-state index in [1.807, 2.05) is 0 Å². The third-order valence-electron chi connectivity index (χ3n) is 3.26. The van der Waals surface area contributed by atoms with E-state index in [-0.39, 0.29) is 18.1 Å². The van der Waals surface area contributed by atoms with E-state index >= 15 is 0 Å². The molecule has 0 fully saturated rings. The molecule has 0 spiro atoms. The van der Waals surface area contributed by atoms with Crippen LogP contribution in [-0.4, -0.2) is 61.8 Å². The van der Waals surface area contributed by atoms with Crippen LogP contribution in [-0.2, 0) is 15.1 Å². The zero-order valence-electron chi connectivity index (χ0n) is 12.4. The first-order chi connectivity index (χ1) is 10.3. The predicted octanol–water partition coefficient (Wildman–Crippen LogP) is -2.60. The highest BCUT2D eigenvalue weighted by Crippen LogP contribution is 2.23. The minimum atomic E-state index is -1.63. The van der Waals surface area contributed by atoms with Gasteiger partial charge in [-0.2, -0.15) is 0 Å². The first kappa shape index (κ1) is 18.5. The fourth-order valence-corrected chi connectivity index (χ4v) is 1.74. The summed E-state index contributed by atoms with van der Waals surface area (Å²) in [5.74, 6) is 4.78. The summed E-state index contributed by atoms with van der Waals surface area (Å²) in [6.07, 6.45) is -3.50. The molecule has 10 nitrogen and oxygen atoms in total. The molecule has 0 aliphatic carbocycles. The van der Waals surface area contributed by atoms with Crippen LogP contribution in [0.4, 0.5) is 0 Å². The number of carbonyl (C=O) groups excluding carboxylic acids is 1. The molecule has 0 bridgehead atoms. The van der Waals surface area contributed by atoms with Crippen molar-refractivity contribution in [3.63, 3.8) is 0 Å². The maximum atomic E-state index is 12.0. The zero-order chi connectivity index (χ0) is 16.9. The Morgan fingerprint density at radius 3 is 2.68 bits per heavy atom. The first-order valence-electron chi connectivity index (χ1n) is 6.67. The van der Waals surface area contributed by atoms with Crippen molar-refractivity contribution >= 4 is 5.97 Å². The van der Waals surface area contributed by atoms with E-state index in [1.165, 1.54) is 13.1 Å². The highest BCUT2D eigenvalue weighted by atomic mass is 16.5. The van der Waals surface area contributed by atoms with Crippen LogP contribution in [0, 0.1) is 0 Å². The van der Waals surface area contributed by atoms with Gasteiger partial charge >= 0.3 is 5.97 Å². The molecule has 1 heterocycles. The highest BCUT2D eigenvalue weighted by molar-refractivity contribution is 5.80. The van der Waals surface area contributed by atoms with E-state index in [2.05, 4.69) is 15.4 Å². The number of aliphatic hydroxyl groups is 4. The van der Waals surface area contributed by atoms with Crippen LogP contribution >= 0.6 is 0 Å². The van der Waals surface area contributed by atoms with Crippen molar-refractivity contribution in [2.75, 3.05) is 13.2 Å². The Morgan fingerprint density at radius 2 is 2.18 bits per heavy atom. The molecule has 1 rings (SSSR count). The molecule has 0 amide bonds. The van der Waals surface area contributed by atoms with Crippen LogP contribution in [0.1, 0.15) is 31.5 Å². The van der Waals surface area contributed by atoms with E-state index < -0.39 is 36.4 Å². The second-order valence-electron chi connectivity index (χ2n) is 4.86. The summed E-state index contributed by atoms with van der Waals surface area (Å²) in [5.41, 5.74) is 0.858. The van der Waals surface area contributed by atoms with Gasteiger partial charge in [-0.3, -0.25) is 5.84 Å². The molecule has 1 aromatic rings. The van der Waals surface area contributed by atoms with Gasteiger partial charge in [-0.05, 0) is 13.8 Å². The molecule has 0 radical (unpaired) electrons. The Balaban J connectivity index is 3.01. The van der Waals surface area contributed by atoms with E-state index in [0.29, 0.717) is 0 Å². The maximum absolute atomic E-state index is 12.0. The van der Waals surface area contributed by atoms with Crippen LogP contribution in [0.5, 0.6) is 0 Å². The van der Waals surface area contributed by atoms with Gasteiger partial charge in [0, 0.05) is 0 Å². The molecule has 0 aromatic carbocycles. The first-order valence-corrected chi connectivity index (χ1v) is 6.67. The second kappa shape index (κ2) is 7.63. The number of aliphatic hydroxyl groups excluding tert-OH is 4. The number of carbonyl (C=O) groups is 1. The number of H-pyrrole nitrogens is 1. The van der Waals surface area contributed by atoms with Crippen molar-refractivity contribution in [1.29, 1.82) is 0 Å². The van der Waals surface area contributed by atoms with Gasteiger partial charge in [-0.25, -0.2) is 15.2 Å². The van der Waals surface area contributed by atoms with Crippen LogP contribution in [0.15, 0.2) is 6.20 Å². The number of hydrogen-bond donors (Lipinski definition) is 7. The summed E-state index contributed by atoms with van der Waals surface area (Å²) >= 11 is 0. The number of nitrogens with zero attached hydrogens (tertiary/aromatic N) is 1. The topological polar surface area (TPSA) is 174 Å². The normalized spacial score (nSPS) is 18.3. The van der Waals surface area contributed by atoms with Gasteiger partial charge in [0.25, 0.3) is 0 Å². The van der Waals surface area contributed by atoms with Gasteiger partial charge in [-0.15, -0.1) is 0 Å². The van der Waals surface area contributed by atoms with Crippen LogP contribution in [0.25, 0.3) is 0 Å². The highest BCUT2D eigenvalue weighted by Gasteiger charge is 2.39. The lowest BCUT2D eigenvalue weighted by Crippen LogP contribution is -2.52. The lowest BCUT2D eigenvalue weighted by molar-refractivity contribution is -0.151. The molecule has 1 aromatic heterocycles. The monoisotopic (exact) mass is 318 g/mol. The molecule has 4 atom stereocenters. The van der Waals surface area contributed by atoms with Gasteiger partial charge in [-0.1, -0.05) is 0 Å². The van der Waals surface area contributed by atoms with Crippen molar-refractivity contribution < 1.29 is 30.0 Å². The average molecular weight is 318 g/mol. The van der Waals surface area contributed by atoms with Crippen molar-refractivity contribution in [3.05, 3.63) is 17.7 Å². The molecular weight excluding hydrogens is 296 g/mol. The number of hydrazine groups is 1. The van der Waals surface area contributed by atoms with Crippen molar-refractivity contribution in [3.8, 4) is 0 Å². The maximum Gasteiger partial charge on any atom is 0.335 e. The lowest BCUT2D eigenvalue weighted by Gasteiger charge is -2.24. The van der Waals surface area contributed by atoms with Gasteiger partial charge in [0.15, 0.2) is 5.54 Å². The fraction of sp³-hybridized carbons (Fsp3) is 0.667. The average Bonchev–Trinajstić information content (AvgIpc) is 3.02. The number of imidazole rings is 1. The Labute approximate surface area is 126 Å². The van der Waals surface area contributed by atoms with Crippen molar-refractivity contribution in [2.45, 2.75) is 37.7 Å². The Hall–Kier alpha value is -1.56. The number of aromatic amines is 1. The minimum Gasteiger partial charge on any atom is -0.464 e. The van der Waals surface area contributed by atoms with Gasteiger partial charge < -0.3 is 30.1 Å². The zero-order valence-corrected chi connectivity index (χ0v) is 12.4. The van der Waals surface area contributed by atoms with Crippen LogP contribution in [0.3, 0.4) is 0 Å². The summed E-state index contributed by atoms with van der Waals surface area (Å²) in [5, 5.41) is 37.7. The SMILES string of the molecule is CCOC(=O)C(C)(NN)c1ncc([C@@H](O)[C@H](O)[C@H](O)CO)[nH]1. The van der Waals surface area contributed by atoms with Crippen molar-refractivity contribution in [2.24, 2.45) is 5.84 Å². The molecule has 126 valence electrons. The predicted molar refractivity (Wildman–Crippen MR) is 74.0 cm³/mol. The molecule has 0 saturated carbocycles. The number of aromatic nitrogens is 2. The number of esters is 1. The van der Waals surface area contributed by atoms with E-state index in [9.17, 15) is 20.1 Å². The standard InChI is InChI=1S/C12H22N4O6/c1-3-22-11(21)12(2,16-13)10-14-4-6(15-10)8(19)9(20)7(18)5-17/h4,7-9,16-20H,3,5,13H2,1-2H3,(H,14,15)/t7-,8-,9-,12?/m1/s1. The van der Waals surface area contributed by atoms with Crippen LogP contribution < -0.4 is 11.3 Å². The molecule has 0 saturated heterocycles. The number of ether oxygens (including phenoxy) is 1. The largest absolute Gasteiger partial charge is 0.464 e. The summed E-state index contributed by atoms with van der Waals surface area (Å²) < 4.78 is 4.90. The summed E-state index contributed by atoms with van der Waals surface area (Å²) in [6.45, 7) is 2.50. The number of nitrogens with two attached hydrogens (primary N) is 1. The van der Waals surface area contributed by atoms with Crippen molar-refractivity contribution in [1.82, 2.24) is 15.4 Å². The molecular formula is C12H22N4O6. The number of rotatable bonds is 8. The quantitative estimate of drug-likeness (QED) is 0.154. The molecule has 1 unspecified atom stereocenters. The smallest absolute Gasteiger partial charge is 0.335 e. The third kappa shape index (κ3) is 3.61. The van der Waals surface area contributed by atoms with E-state index in [4.69, 9.17) is 15.7 Å². The summed E-state index contributed by atoms with van der Waals surface area (Å²) in [4.78, 5) is 18.5. The van der Waals surface area contributed by atoms with Gasteiger partial charge in [0.2, 0.25) is 0 Å². The van der Waals surface area contributed by atoms with Crippen LogP contribution in [0.2, 0.25) is 0 Å². The third-order valence-corrected chi connectivity index (χ3v) is 3.26. The molecule has 22 heavy (non-hydrogen) atoms.